The molecule has 0 heterocycles. The van der Waals surface area contributed by atoms with E-state index < -0.39 is 24.0 Å². The normalized spacial score (nSPS) is 11.2. The van der Waals surface area contributed by atoms with Gasteiger partial charge in [-0.05, 0) is 47.5 Å². The Bertz CT molecular complexity index is 1170. The van der Waals surface area contributed by atoms with Crippen molar-refractivity contribution in [3.63, 3.8) is 0 Å². The number of halogens is 1. The average molecular weight is 483 g/mol. The third-order valence-electron chi connectivity index (χ3n) is 4.87. The molecule has 0 radical (unpaired) electrons. The van der Waals surface area contributed by atoms with Crippen LogP contribution < -0.4 is 20.1 Å². The molecule has 0 spiro atoms. The number of ether oxygens (including phenoxy) is 2. The molecule has 1 atom stereocenters. The standard InChI is InChI=1S/C25H23ClN2O6/c1-33-19-6-4-5-17(13-19)15-27-25(32)34-18-11-9-16(10-12-18)14-22(24(30)31)28-23(29)20-7-2-3-8-21(20)26/h2-13,22H,14-15H2,1H3,(H,27,32)(H,28,29)(H,30,31)/t22-/m0/s1. The maximum Gasteiger partial charge on any atom is 0.412 e. The number of aliphatic carboxylic acids is 1. The average Bonchev–Trinajstić information content (AvgIpc) is 2.83. The summed E-state index contributed by atoms with van der Waals surface area (Å²) >= 11 is 6.01. The summed E-state index contributed by atoms with van der Waals surface area (Å²) in [5, 5.41) is 14.9. The van der Waals surface area contributed by atoms with E-state index in [0.717, 1.165) is 5.56 Å². The molecule has 0 aliphatic rings. The molecular weight excluding hydrogens is 460 g/mol. The maximum absolute atomic E-state index is 12.4. The lowest BCUT2D eigenvalue weighted by Crippen LogP contribution is -2.42. The van der Waals surface area contributed by atoms with Gasteiger partial charge in [0.05, 0.1) is 17.7 Å². The molecule has 2 amide bonds. The zero-order valence-electron chi connectivity index (χ0n) is 18.3. The molecular formula is C25H23ClN2O6. The maximum atomic E-state index is 12.4. The molecule has 34 heavy (non-hydrogen) atoms. The first-order chi connectivity index (χ1) is 16.4. The minimum absolute atomic E-state index is 0.0356. The van der Waals surface area contributed by atoms with E-state index >= 15 is 0 Å². The van der Waals surface area contributed by atoms with Gasteiger partial charge < -0.3 is 25.2 Å². The van der Waals surface area contributed by atoms with Crippen LogP contribution in [0.5, 0.6) is 11.5 Å². The predicted octanol–water partition coefficient (Wildman–Crippen LogP) is 4.06. The summed E-state index contributed by atoms with van der Waals surface area (Å²) in [6, 6.07) is 18.9. The van der Waals surface area contributed by atoms with Crippen LogP contribution in [0.15, 0.2) is 72.8 Å². The number of amides is 2. The van der Waals surface area contributed by atoms with E-state index in [1.54, 1.807) is 61.7 Å². The third kappa shape index (κ3) is 6.98. The molecule has 8 nitrogen and oxygen atoms in total. The summed E-state index contributed by atoms with van der Waals surface area (Å²) in [5.41, 5.74) is 1.68. The van der Waals surface area contributed by atoms with Crippen molar-refractivity contribution in [1.29, 1.82) is 0 Å². The molecule has 0 aromatic heterocycles. The van der Waals surface area contributed by atoms with Gasteiger partial charge in [0.25, 0.3) is 5.91 Å². The molecule has 0 saturated carbocycles. The predicted molar refractivity (Wildman–Crippen MR) is 126 cm³/mol. The summed E-state index contributed by atoms with van der Waals surface area (Å²) in [4.78, 5) is 36.2. The molecule has 0 aliphatic heterocycles. The number of rotatable bonds is 9. The first-order valence-electron chi connectivity index (χ1n) is 10.3. The zero-order chi connectivity index (χ0) is 24.5. The van der Waals surface area contributed by atoms with E-state index in [9.17, 15) is 19.5 Å². The molecule has 3 N–H and O–H groups in total. The first kappa shape index (κ1) is 24.6. The summed E-state index contributed by atoms with van der Waals surface area (Å²) in [6.07, 6.45) is -0.598. The summed E-state index contributed by atoms with van der Waals surface area (Å²) < 4.78 is 10.4. The Morgan fingerprint density at radius 2 is 1.68 bits per heavy atom. The molecule has 0 saturated heterocycles. The highest BCUT2D eigenvalue weighted by Crippen LogP contribution is 2.17. The van der Waals surface area contributed by atoms with E-state index in [-0.39, 0.29) is 23.6 Å². The monoisotopic (exact) mass is 482 g/mol. The fraction of sp³-hybridized carbons (Fsp3) is 0.160. The van der Waals surface area contributed by atoms with Crippen LogP contribution >= 0.6 is 11.6 Å². The van der Waals surface area contributed by atoms with E-state index in [0.29, 0.717) is 17.1 Å². The number of benzene rings is 3. The van der Waals surface area contributed by atoms with Crippen LogP contribution in [0.4, 0.5) is 4.79 Å². The lowest BCUT2D eigenvalue weighted by molar-refractivity contribution is -0.139. The van der Waals surface area contributed by atoms with E-state index in [1.165, 1.54) is 6.07 Å². The number of carbonyl (C=O) groups is 3. The van der Waals surface area contributed by atoms with Gasteiger partial charge in [0.2, 0.25) is 0 Å². The van der Waals surface area contributed by atoms with E-state index in [4.69, 9.17) is 21.1 Å². The highest BCUT2D eigenvalue weighted by molar-refractivity contribution is 6.33. The van der Waals surface area contributed by atoms with Crippen LogP contribution in [0.1, 0.15) is 21.5 Å². The van der Waals surface area contributed by atoms with Crippen molar-refractivity contribution < 1.29 is 29.0 Å². The first-order valence-corrected chi connectivity index (χ1v) is 10.7. The summed E-state index contributed by atoms with van der Waals surface area (Å²) in [6.45, 7) is 0.263. The molecule has 3 aromatic rings. The molecule has 3 aromatic carbocycles. The third-order valence-corrected chi connectivity index (χ3v) is 5.20. The molecule has 176 valence electrons. The van der Waals surface area contributed by atoms with Crippen molar-refractivity contribution >= 4 is 29.6 Å². The van der Waals surface area contributed by atoms with E-state index in [1.807, 2.05) is 12.1 Å². The van der Waals surface area contributed by atoms with Gasteiger partial charge in [-0.1, -0.05) is 48.0 Å². The van der Waals surface area contributed by atoms with Crippen LogP contribution in [-0.4, -0.2) is 36.2 Å². The highest BCUT2D eigenvalue weighted by atomic mass is 35.5. The topological polar surface area (TPSA) is 114 Å². The fourth-order valence-electron chi connectivity index (χ4n) is 3.11. The van der Waals surface area contributed by atoms with Crippen LogP contribution in [-0.2, 0) is 17.8 Å². The van der Waals surface area contributed by atoms with Crippen molar-refractivity contribution in [1.82, 2.24) is 10.6 Å². The molecule has 9 heteroatoms. The second-order valence-corrected chi connectivity index (χ2v) is 7.69. The van der Waals surface area contributed by atoms with Gasteiger partial charge in [-0.2, -0.15) is 0 Å². The number of carbonyl (C=O) groups excluding carboxylic acids is 2. The van der Waals surface area contributed by atoms with E-state index in [2.05, 4.69) is 10.6 Å². The van der Waals surface area contributed by atoms with Gasteiger partial charge >= 0.3 is 12.1 Å². The summed E-state index contributed by atoms with van der Waals surface area (Å²) in [5.74, 6) is -0.784. The Kier molecular flexibility index (Phi) is 8.48. The van der Waals surface area contributed by atoms with Crippen molar-refractivity contribution in [3.8, 4) is 11.5 Å². The molecule has 0 aliphatic carbocycles. The highest BCUT2D eigenvalue weighted by Gasteiger charge is 2.22. The number of hydrogen-bond acceptors (Lipinski definition) is 5. The van der Waals surface area contributed by atoms with Crippen LogP contribution in [0.3, 0.4) is 0 Å². The number of nitrogens with one attached hydrogen (secondary N) is 2. The van der Waals surface area contributed by atoms with Crippen LogP contribution in [0.25, 0.3) is 0 Å². The van der Waals surface area contributed by atoms with Gasteiger partial charge in [0, 0.05) is 13.0 Å². The molecule has 0 unspecified atom stereocenters. The van der Waals surface area contributed by atoms with Crippen LogP contribution in [0, 0.1) is 0 Å². The van der Waals surface area contributed by atoms with Gasteiger partial charge in [-0.15, -0.1) is 0 Å². The fourth-order valence-corrected chi connectivity index (χ4v) is 3.33. The second-order valence-electron chi connectivity index (χ2n) is 7.29. The van der Waals surface area contributed by atoms with Gasteiger partial charge in [-0.3, -0.25) is 4.79 Å². The number of carboxylic acids is 1. The molecule has 0 bridgehead atoms. The number of carboxylic acid groups (broad SMARTS) is 1. The quantitative estimate of drug-likeness (QED) is 0.423. The van der Waals surface area contributed by atoms with Crippen molar-refractivity contribution in [2.45, 2.75) is 19.0 Å². The second kappa shape index (κ2) is 11.7. The zero-order valence-corrected chi connectivity index (χ0v) is 19.0. The minimum Gasteiger partial charge on any atom is -0.497 e. The molecule has 0 fully saturated rings. The lowest BCUT2D eigenvalue weighted by Gasteiger charge is -2.15. The van der Waals surface area contributed by atoms with Gasteiger partial charge in [0.1, 0.15) is 17.5 Å². The smallest absolute Gasteiger partial charge is 0.412 e. The van der Waals surface area contributed by atoms with Gasteiger partial charge in [-0.25, -0.2) is 9.59 Å². The Balaban J connectivity index is 1.55. The Morgan fingerprint density at radius 1 is 0.941 bits per heavy atom. The van der Waals surface area contributed by atoms with Crippen LogP contribution in [0.2, 0.25) is 5.02 Å². The minimum atomic E-state index is -1.18. The Labute approximate surface area is 201 Å². The SMILES string of the molecule is COc1cccc(CNC(=O)Oc2ccc(C[C@H](NC(=O)c3ccccc3Cl)C(=O)O)cc2)c1. The molecule has 3 rings (SSSR count). The lowest BCUT2D eigenvalue weighted by atomic mass is 10.1. The number of hydrogen-bond donors (Lipinski definition) is 3. The van der Waals surface area contributed by atoms with Crippen molar-refractivity contribution in [2.75, 3.05) is 7.11 Å². The Morgan fingerprint density at radius 3 is 2.35 bits per heavy atom. The largest absolute Gasteiger partial charge is 0.497 e. The number of methoxy groups -OCH3 is 1. The van der Waals surface area contributed by atoms with Gasteiger partial charge in [0.15, 0.2) is 0 Å². The Hall–Kier alpha value is -4.04. The van der Waals surface area contributed by atoms with Crippen molar-refractivity contribution in [2.24, 2.45) is 0 Å². The van der Waals surface area contributed by atoms with Crippen molar-refractivity contribution in [3.05, 3.63) is 94.5 Å². The summed E-state index contributed by atoms with van der Waals surface area (Å²) in [7, 11) is 1.57.